The number of nitrogens with one attached hydrogen (secondary N) is 1. The Labute approximate surface area is 111 Å². The van der Waals surface area contributed by atoms with Crippen LogP contribution in [0.3, 0.4) is 0 Å². The molecule has 104 valence electrons. The fourth-order valence-electron chi connectivity index (χ4n) is 3.69. The minimum Gasteiger partial charge on any atom is -0.378 e. The molecule has 0 saturated carbocycles. The molecule has 3 saturated heterocycles. The number of hydrogen-bond acceptors (Lipinski definition) is 4. The average Bonchev–Trinajstić information content (AvgIpc) is 2.41. The summed E-state index contributed by atoms with van der Waals surface area (Å²) in [5.41, 5.74) is 0. The van der Waals surface area contributed by atoms with Gasteiger partial charge in [-0.05, 0) is 26.3 Å². The van der Waals surface area contributed by atoms with E-state index >= 15 is 0 Å². The van der Waals surface area contributed by atoms with Crippen LogP contribution in [-0.4, -0.2) is 73.9 Å². The lowest BCUT2D eigenvalue weighted by Crippen LogP contribution is -2.61. The van der Waals surface area contributed by atoms with Crippen LogP contribution in [0.2, 0.25) is 0 Å². The second-order valence-corrected chi connectivity index (χ2v) is 6.17. The predicted molar refractivity (Wildman–Crippen MR) is 72.9 cm³/mol. The molecule has 3 rings (SSSR count). The van der Waals surface area contributed by atoms with Crippen molar-refractivity contribution in [1.29, 1.82) is 0 Å². The third kappa shape index (κ3) is 2.87. The van der Waals surface area contributed by atoms with Gasteiger partial charge >= 0.3 is 0 Å². The van der Waals surface area contributed by atoms with Gasteiger partial charge in [-0.2, -0.15) is 0 Å². The van der Waals surface area contributed by atoms with Crippen LogP contribution in [0.5, 0.6) is 0 Å². The highest BCUT2D eigenvalue weighted by atomic mass is 16.5. The summed E-state index contributed by atoms with van der Waals surface area (Å²) >= 11 is 0. The van der Waals surface area contributed by atoms with Gasteiger partial charge in [0.1, 0.15) is 0 Å². The van der Waals surface area contributed by atoms with E-state index in [2.05, 4.69) is 22.0 Å². The van der Waals surface area contributed by atoms with Gasteiger partial charge in [0.05, 0.1) is 13.2 Å². The van der Waals surface area contributed by atoms with Crippen molar-refractivity contribution in [2.45, 2.75) is 44.3 Å². The number of hydrogen-bond donors (Lipinski definition) is 1. The van der Waals surface area contributed by atoms with Crippen LogP contribution >= 0.6 is 0 Å². The monoisotopic (exact) mass is 253 g/mol. The molecule has 0 radical (unpaired) electrons. The number of fused-ring (bicyclic) bond motifs is 1. The summed E-state index contributed by atoms with van der Waals surface area (Å²) in [7, 11) is 0. The Morgan fingerprint density at radius 2 is 2.22 bits per heavy atom. The van der Waals surface area contributed by atoms with Gasteiger partial charge in [-0.1, -0.05) is 6.42 Å². The van der Waals surface area contributed by atoms with E-state index < -0.39 is 0 Å². The van der Waals surface area contributed by atoms with Crippen LogP contribution in [0.1, 0.15) is 26.2 Å². The number of morpholine rings is 1. The fourth-order valence-corrected chi connectivity index (χ4v) is 3.69. The number of ether oxygens (including phenoxy) is 1. The fraction of sp³-hybridized carbons (Fsp3) is 1.00. The molecule has 3 aliphatic rings. The molecule has 3 heterocycles. The second kappa shape index (κ2) is 5.87. The normalized spacial score (nSPS) is 39.5. The van der Waals surface area contributed by atoms with Crippen molar-refractivity contribution < 1.29 is 4.74 Å². The van der Waals surface area contributed by atoms with Crippen LogP contribution < -0.4 is 5.32 Å². The van der Waals surface area contributed by atoms with Crippen LogP contribution in [0.4, 0.5) is 0 Å². The molecule has 3 unspecified atom stereocenters. The maximum absolute atomic E-state index is 5.57. The lowest BCUT2D eigenvalue weighted by atomic mass is 9.97. The summed E-state index contributed by atoms with van der Waals surface area (Å²) in [6, 6.07) is 2.05. The van der Waals surface area contributed by atoms with E-state index in [0.717, 1.165) is 32.3 Å². The highest BCUT2D eigenvalue weighted by Crippen LogP contribution is 2.24. The van der Waals surface area contributed by atoms with Crippen LogP contribution in [0.25, 0.3) is 0 Å². The van der Waals surface area contributed by atoms with Gasteiger partial charge in [0.2, 0.25) is 0 Å². The number of piperazine rings is 1. The summed E-state index contributed by atoms with van der Waals surface area (Å²) in [5, 5.41) is 3.58. The molecular weight excluding hydrogens is 226 g/mol. The van der Waals surface area contributed by atoms with E-state index in [1.54, 1.807) is 0 Å². The molecule has 0 aromatic heterocycles. The topological polar surface area (TPSA) is 27.7 Å². The first-order valence-corrected chi connectivity index (χ1v) is 7.62. The quantitative estimate of drug-likeness (QED) is 0.777. The van der Waals surface area contributed by atoms with Gasteiger partial charge in [-0.3, -0.25) is 9.80 Å². The average molecular weight is 253 g/mol. The summed E-state index contributed by atoms with van der Waals surface area (Å²) in [6.07, 6.45) is 4.23. The van der Waals surface area contributed by atoms with E-state index in [1.807, 2.05) is 0 Å². The smallest absolute Gasteiger partial charge is 0.0632 e. The van der Waals surface area contributed by atoms with Crippen molar-refractivity contribution in [3.05, 3.63) is 0 Å². The first-order chi connectivity index (χ1) is 8.83. The summed E-state index contributed by atoms with van der Waals surface area (Å²) in [4.78, 5) is 5.40. The Morgan fingerprint density at radius 1 is 1.28 bits per heavy atom. The molecular formula is C14H27N3O. The van der Waals surface area contributed by atoms with Crippen LogP contribution in [0, 0.1) is 0 Å². The second-order valence-electron chi connectivity index (χ2n) is 6.17. The molecule has 18 heavy (non-hydrogen) atoms. The molecule has 0 bridgehead atoms. The van der Waals surface area contributed by atoms with Crippen molar-refractivity contribution in [3.63, 3.8) is 0 Å². The molecule has 3 aliphatic heterocycles. The molecule has 0 aromatic carbocycles. The number of nitrogens with zero attached hydrogens (tertiary/aromatic N) is 2. The lowest BCUT2D eigenvalue weighted by Gasteiger charge is -2.48. The Hall–Kier alpha value is -0.160. The minimum absolute atomic E-state index is 0.538. The molecule has 0 spiro atoms. The first kappa shape index (κ1) is 12.9. The number of rotatable bonds is 2. The lowest BCUT2D eigenvalue weighted by molar-refractivity contribution is -0.00414. The Morgan fingerprint density at radius 3 is 3.06 bits per heavy atom. The van der Waals surface area contributed by atoms with Gasteiger partial charge in [-0.15, -0.1) is 0 Å². The largest absolute Gasteiger partial charge is 0.378 e. The zero-order valence-electron chi connectivity index (χ0n) is 11.6. The summed E-state index contributed by atoms with van der Waals surface area (Å²) < 4.78 is 5.57. The van der Waals surface area contributed by atoms with Crippen molar-refractivity contribution in [2.75, 3.05) is 45.9 Å². The molecule has 3 atom stereocenters. The van der Waals surface area contributed by atoms with Gasteiger partial charge in [0.25, 0.3) is 0 Å². The standard InChI is InChI=1S/C14H27N3O/c1-12-8-16-6-3-2-4-14(16)10-17(12)9-13-11-18-7-5-15-13/h12-15H,2-11H2,1H3. The Bertz CT molecular complexity index is 266. The third-order valence-electron chi connectivity index (χ3n) is 4.77. The Kier molecular flexibility index (Phi) is 4.19. The highest BCUT2D eigenvalue weighted by Gasteiger charge is 2.33. The SMILES string of the molecule is CC1CN2CCCCC2CN1CC1COCCN1. The van der Waals surface area contributed by atoms with E-state index in [1.165, 1.54) is 38.9 Å². The third-order valence-corrected chi connectivity index (χ3v) is 4.77. The molecule has 1 N–H and O–H groups in total. The van der Waals surface area contributed by atoms with E-state index in [-0.39, 0.29) is 0 Å². The van der Waals surface area contributed by atoms with Crippen molar-refractivity contribution in [3.8, 4) is 0 Å². The number of piperidine rings is 1. The zero-order chi connectivity index (χ0) is 12.4. The molecule has 0 amide bonds. The van der Waals surface area contributed by atoms with Gasteiger partial charge in [-0.25, -0.2) is 0 Å². The van der Waals surface area contributed by atoms with Crippen LogP contribution in [0.15, 0.2) is 0 Å². The zero-order valence-corrected chi connectivity index (χ0v) is 11.6. The van der Waals surface area contributed by atoms with Gasteiger partial charge in [0, 0.05) is 44.3 Å². The Balaban J connectivity index is 1.54. The highest BCUT2D eigenvalue weighted by molar-refractivity contribution is 4.90. The van der Waals surface area contributed by atoms with E-state index in [9.17, 15) is 0 Å². The van der Waals surface area contributed by atoms with E-state index in [0.29, 0.717) is 12.1 Å². The molecule has 4 nitrogen and oxygen atoms in total. The molecule has 0 aliphatic carbocycles. The molecule has 0 aromatic rings. The van der Waals surface area contributed by atoms with E-state index in [4.69, 9.17) is 4.74 Å². The molecule has 3 fully saturated rings. The first-order valence-electron chi connectivity index (χ1n) is 7.62. The van der Waals surface area contributed by atoms with Crippen LogP contribution in [-0.2, 0) is 4.74 Å². The minimum atomic E-state index is 0.538. The maximum atomic E-state index is 5.57. The van der Waals surface area contributed by atoms with Gasteiger partial charge in [0.15, 0.2) is 0 Å². The van der Waals surface area contributed by atoms with Crippen molar-refractivity contribution in [2.24, 2.45) is 0 Å². The van der Waals surface area contributed by atoms with Crippen molar-refractivity contribution in [1.82, 2.24) is 15.1 Å². The van der Waals surface area contributed by atoms with Gasteiger partial charge < -0.3 is 10.1 Å². The maximum Gasteiger partial charge on any atom is 0.0632 e. The summed E-state index contributed by atoms with van der Waals surface area (Å²) in [6.45, 7) is 10.2. The predicted octanol–water partition coefficient (Wildman–Crippen LogP) is 0.533. The summed E-state index contributed by atoms with van der Waals surface area (Å²) in [5.74, 6) is 0. The van der Waals surface area contributed by atoms with Crippen molar-refractivity contribution >= 4 is 0 Å². The molecule has 4 heteroatoms.